The van der Waals surface area contributed by atoms with Gasteiger partial charge in [0, 0.05) is 30.1 Å². The van der Waals surface area contributed by atoms with Gasteiger partial charge in [-0.05, 0) is 29.3 Å². The summed E-state index contributed by atoms with van der Waals surface area (Å²) in [6.07, 6.45) is -1.57. The minimum Gasteiger partial charge on any atom is -0.444 e. The van der Waals surface area contributed by atoms with Gasteiger partial charge in [-0.2, -0.15) is 0 Å². The zero-order valence-electron chi connectivity index (χ0n) is 19.3. The third-order valence-electron chi connectivity index (χ3n) is 6.25. The Morgan fingerprint density at radius 3 is 2.49 bits per heavy atom. The van der Waals surface area contributed by atoms with Gasteiger partial charge in [-0.15, -0.1) is 0 Å². The number of hydrogen-bond acceptors (Lipinski definition) is 3. The molecule has 1 amide bonds. The van der Waals surface area contributed by atoms with Crippen molar-refractivity contribution in [3.63, 3.8) is 0 Å². The molecule has 8 heteroatoms. The van der Waals surface area contributed by atoms with Crippen molar-refractivity contribution in [3.05, 3.63) is 101 Å². The third kappa shape index (κ3) is 4.36. The van der Waals surface area contributed by atoms with E-state index in [4.69, 9.17) is 4.74 Å². The molecule has 1 aliphatic rings. The van der Waals surface area contributed by atoms with E-state index in [2.05, 4.69) is 4.98 Å². The largest absolute Gasteiger partial charge is 0.444 e. The summed E-state index contributed by atoms with van der Waals surface area (Å²) < 4.78 is 47.9. The maximum absolute atomic E-state index is 13.6. The van der Waals surface area contributed by atoms with Gasteiger partial charge in [-0.1, -0.05) is 56.3 Å². The number of imidazole rings is 1. The van der Waals surface area contributed by atoms with Crippen LogP contribution in [0.3, 0.4) is 0 Å². The highest BCUT2D eigenvalue weighted by atomic mass is 19.3. The van der Waals surface area contributed by atoms with Gasteiger partial charge in [0.25, 0.3) is 6.43 Å². The number of pyridine rings is 1. The van der Waals surface area contributed by atoms with E-state index in [-0.39, 0.29) is 18.1 Å². The maximum atomic E-state index is 13.6. The van der Waals surface area contributed by atoms with Crippen LogP contribution in [-0.2, 0) is 23.2 Å². The number of carbonyl (C=O) groups is 1. The summed E-state index contributed by atoms with van der Waals surface area (Å²) in [5, 5.41) is 0. The minimum atomic E-state index is -2.74. The molecule has 35 heavy (non-hydrogen) atoms. The van der Waals surface area contributed by atoms with Crippen LogP contribution in [0.2, 0.25) is 0 Å². The summed E-state index contributed by atoms with van der Waals surface area (Å²) in [4.78, 5) is 18.9. The molecule has 2 aromatic carbocycles. The van der Waals surface area contributed by atoms with Crippen molar-refractivity contribution in [2.24, 2.45) is 0 Å². The lowest BCUT2D eigenvalue weighted by Crippen LogP contribution is -2.34. The molecular formula is C27H24F3N3O2. The maximum Gasteiger partial charge on any atom is 0.414 e. The van der Waals surface area contributed by atoms with E-state index in [1.807, 2.05) is 50.2 Å². The van der Waals surface area contributed by atoms with Crippen molar-refractivity contribution in [1.82, 2.24) is 9.38 Å². The lowest BCUT2D eigenvalue weighted by molar-refractivity contribution is 0.146. The number of aromatic nitrogens is 2. The van der Waals surface area contributed by atoms with Gasteiger partial charge < -0.3 is 9.14 Å². The van der Waals surface area contributed by atoms with Gasteiger partial charge in [0.05, 0.1) is 11.4 Å². The van der Waals surface area contributed by atoms with Crippen molar-refractivity contribution in [2.75, 3.05) is 11.4 Å². The van der Waals surface area contributed by atoms with Gasteiger partial charge in [0.15, 0.2) is 0 Å². The smallest absolute Gasteiger partial charge is 0.414 e. The molecule has 5 nitrogen and oxygen atoms in total. The fourth-order valence-electron chi connectivity index (χ4n) is 4.67. The molecule has 0 N–H and O–H groups in total. The molecule has 2 aromatic heterocycles. The zero-order valence-corrected chi connectivity index (χ0v) is 19.3. The summed E-state index contributed by atoms with van der Waals surface area (Å²) in [5.74, 6) is -0.359. The summed E-state index contributed by atoms with van der Waals surface area (Å²) in [6.45, 7) is 4.36. The van der Waals surface area contributed by atoms with E-state index < -0.39 is 17.9 Å². The molecule has 0 saturated carbocycles. The van der Waals surface area contributed by atoms with E-state index in [0.29, 0.717) is 35.6 Å². The van der Waals surface area contributed by atoms with Crippen LogP contribution in [0.5, 0.6) is 0 Å². The van der Waals surface area contributed by atoms with Crippen molar-refractivity contribution in [2.45, 2.75) is 38.7 Å². The van der Waals surface area contributed by atoms with E-state index >= 15 is 0 Å². The number of fused-ring (bicyclic) bond motifs is 3. The van der Waals surface area contributed by atoms with E-state index in [1.54, 1.807) is 21.4 Å². The van der Waals surface area contributed by atoms with E-state index in [0.717, 1.165) is 11.1 Å². The standard InChI is InChI=1S/C27H24F3N3O2/c1-27(2)16-33(26(34)35-15-18-6-4-3-5-7-18)22-13-19(12-17-8-10-20(28)11-9-17)25-31-21(24(29)30)14-32(25)23(22)27/h3-11,13-14,24H,12,15-16H2,1-2H3. The Morgan fingerprint density at radius 2 is 1.80 bits per heavy atom. The van der Waals surface area contributed by atoms with Crippen LogP contribution >= 0.6 is 0 Å². The van der Waals surface area contributed by atoms with E-state index in [1.165, 1.54) is 18.3 Å². The highest BCUT2D eigenvalue weighted by Crippen LogP contribution is 2.43. The molecule has 0 bridgehead atoms. The van der Waals surface area contributed by atoms with Crippen LogP contribution in [-0.4, -0.2) is 22.0 Å². The number of nitrogens with zero attached hydrogens (tertiary/aromatic N) is 3. The second-order valence-corrected chi connectivity index (χ2v) is 9.38. The van der Waals surface area contributed by atoms with Gasteiger partial charge in [0.1, 0.15) is 23.8 Å². The number of benzene rings is 2. The van der Waals surface area contributed by atoms with E-state index in [9.17, 15) is 18.0 Å². The number of rotatable bonds is 5. The van der Waals surface area contributed by atoms with Crippen molar-refractivity contribution < 1.29 is 22.7 Å². The number of ether oxygens (including phenoxy) is 1. The lowest BCUT2D eigenvalue weighted by Gasteiger charge is -2.20. The number of halogens is 3. The topological polar surface area (TPSA) is 46.8 Å². The van der Waals surface area contributed by atoms with Gasteiger partial charge in [-0.3, -0.25) is 4.90 Å². The second kappa shape index (κ2) is 8.76. The van der Waals surface area contributed by atoms with Crippen molar-refractivity contribution in [3.8, 4) is 0 Å². The Balaban J connectivity index is 1.57. The SMILES string of the molecule is CC1(C)CN(C(=O)OCc2ccccc2)c2cc(Cc3ccc(F)cc3)c3nc(C(F)F)cn3c21. The quantitative estimate of drug-likeness (QED) is 0.331. The molecule has 0 atom stereocenters. The first-order valence-electron chi connectivity index (χ1n) is 11.3. The first-order chi connectivity index (χ1) is 16.7. The Labute approximate surface area is 200 Å². The van der Waals surface area contributed by atoms with Crippen LogP contribution in [0.4, 0.5) is 23.7 Å². The molecule has 3 heterocycles. The molecule has 4 aromatic rings. The minimum absolute atomic E-state index is 0.122. The molecule has 5 rings (SSSR count). The summed E-state index contributed by atoms with van der Waals surface area (Å²) >= 11 is 0. The predicted octanol–water partition coefficient (Wildman–Crippen LogP) is 6.44. The van der Waals surface area contributed by atoms with Crippen LogP contribution < -0.4 is 4.90 Å². The number of anilines is 1. The molecule has 0 aliphatic carbocycles. The third-order valence-corrected chi connectivity index (χ3v) is 6.25. The molecule has 0 fully saturated rings. The molecule has 0 spiro atoms. The fourth-order valence-corrected chi connectivity index (χ4v) is 4.67. The highest BCUT2D eigenvalue weighted by Gasteiger charge is 2.42. The number of hydrogen-bond donors (Lipinski definition) is 0. The molecule has 1 aliphatic heterocycles. The Kier molecular flexibility index (Phi) is 5.75. The van der Waals surface area contributed by atoms with Crippen molar-refractivity contribution in [1.29, 1.82) is 0 Å². The molecular weight excluding hydrogens is 455 g/mol. The van der Waals surface area contributed by atoms with Gasteiger partial charge in [0.2, 0.25) is 0 Å². The summed E-state index contributed by atoms with van der Waals surface area (Å²) in [7, 11) is 0. The average Bonchev–Trinajstić information content (AvgIpc) is 3.39. The number of alkyl halides is 2. The Morgan fingerprint density at radius 1 is 1.09 bits per heavy atom. The number of amides is 1. The van der Waals surface area contributed by atoms with Crippen LogP contribution in [0.25, 0.3) is 5.65 Å². The summed E-state index contributed by atoms with van der Waals surface area (Å²) in [5.41, 5.74) is 3.15. The van der Waals surface area contributed by atoms with Crippen LogP contribution in [0, 0.1) is 5.82 Å². The second-order valence-electron chi connectivity index (χ2n) is 9.38. The first-order valence-corrected chi connectivity index (χ1v) is 11.3. The number of carbonyl (C=O) groups excluding carboxylic acids is 1. The monoisotopic (exact) mass is 479 g/mol. The summed E-state index contributed by atoms with van der Waals surface area (Å²) in [6, 6.07) is 17.2. The van der Waals surface area contributed by atoms with Crippen molar-refractivity contribution >= 4 is 17.4 Å². The Bertz CT molecular complexity index is 1380. The molecule has 0 saturated heterocycles. The van der Waals surface area contributed by atoms with Gasteiger partial charge in [-0.25, -0.2) is 22.9 Å². The molecule has 180 valence electrons. The predicted molar refractivity (Wildman–Crippen MR) is 126 cm³/mol. The normalized spacial score (nSPS) is 14.5. The highest BCUT2D eigenvalue weighted by molar-refractivity contribution is 5.92. The fraction of sp³-hybridized carbons (Fsp3) is 0.259. The first kappa shape index (κ1) is 23.0. The zero-order chi connectivity index (χ0) is 24.7. The molecule has 0 unspecified atom stereocenters. The van der Waals surface area contributed by atoms with Crippen LogP contribution in [0.1, 0.15) is 48.4 Å². The van der Waals surface area contributed by atoms with Crippen LogP contribution in [0.15, 0.2) is 66.9 Å². The van der Waals surface area contributed by atoms with Gasteiger partial charge >= 0.3 is 6.09 Å². The Hall–Kier alpha value is -3.81. The average molecular weight is 480 g/mol. The lowest BCUT2D eigenvalue weighted by atomic mass is 9.90. The molecule has 0 radical (unpaired) electrons.